The van der Waals surface area contributed by atoms with Crippen LogP contribution >= 0.6 is 0 Å². The molecule has 0 rings (SSSR count). The molecular weight excluding hydrogens is 142 g/mol. The highest BCUT2D eigenvalue weighted by Gasteiger charge is 2.30. The van der Waals surface area contributed by atoms with Gasteiger partial charge in [0.1, 0.15) is 0 Å². The van der Waals surface area contributed by atoms with Crippen LogP contribution in [0.1, 0.15) is 27.2 Å². The van der Waals surface area contributed by atoms with E-state index in [-0.39, 0.29) is 5.78 Å². The third kappa shape index (κ3) is 2.99. The van der Waals surface area contributed by atoms with Crippen LogP contribution in [0.25, 0.3) is 0 Å². The Morgan fingerprint density at radius 1 is 1.64 bits per heavy atom. The summed E-state index contributed by atoms with van der Waals surface area (Å²) in [5, 5.41) is 12.3. The lowest BCUT2D eigenvalue weighted by molar-refractivity contribution is -0.126. The zero-order valence-electron chi connectivity index (χ0n) is 7.64. The number of aliphatic hydroxyl groups is 1. The molecule has 0 heterocycles. The second-order valence-electron chi connectivity index (χ2n) is 3.20. The Balaban J connectivity index is 4.29. The number of hydrogen-bond donors (Lipinski definition) is 2. The van der Waals surface area contributed by atoms with Crippen molar-refractivity contribution in [3.8, 4) is 0 Å². The molecule has 0 spiro atoms. The Morgan fingerprint density at radius 2 is 2.09 bits per heavy atom. The number of likely N-dealkylation sites (N-methyl/N-ethyl adjacent to an activating group) is 1. The van der Waals surface area contributed by atoms with Crippen LogP contribution in [0.2, 0.25) is 0 Å². The molecule has 0 radical (unpaired) electrons. The van der Waals surface area contributed by atoms with Crippen LogP contribution in [0.15, 0.2) is 0 Å². The summed E-state index contributed by atoms with van der Waals surface area (Å²) < 4.78 is 0. The molecule has 1 atom stereocenters. The molecule has 0 unspecified atom stereocenters. The largest absolute Gasteiger partial charge is 0.388 e. The summed E-state index contributed by atoms with van der Waals surface area (Å²) in [7, 11) is 1.68. The quantitative estimate of drug-likeness (QED) is 0.621. The first-order valence-electron chi connectivity index (χ1n) is 3.85. The minimum atomic E-state index is -0.970. The summed E-state index contributed by atoms with van der Waals surface area (Å²) in [6, 6.07) is -0.451. The molecule has 2 N–H and O–H groups in total. The Hall–Kier alpha value is -0.410. The van der Waals surface area contributed by atoms with Crippen molar-refractivity contribution in [1.29, 1.82) is 0 Å². The van der Waals surface area contributed by atoms with E-state index in [0.29, 0.717) is 6.42 Å². The molecule has 3 heteroatoms. The third-order valence-corrected chi connectivity index (χ3v) is 1.67. The molecule has 0 saturated heterocycles. The topological polar surface area (TPSA) is 49.3 Å². The zero-order chi connectivity index (χ0) is 9.07. The summed E-state index contributed by atoms with van der Waals surface area (Å²) >= 11 is 0. The Kier molecular flexibility index (Phi) is 3.69. The van der Waals surface area contributed by atoms with Gasteiger partial charge in [0, 0.05) is 6.42 Å². The molecule has 0 aromatic carbocycles. The SMILES string of the molecule is CCC(=O)[C@@H](NC)C(C)(C)O. The van der Waals surface area contributed by atoms with E-state index in [1.54, 1.807) is 27.8 Å². The molecule has 0 bridgehead atoms. The maximum absolute atomic E-state index is 11.2. The van der Waals surface area contributed by atoms with E-state index in [0.717, 1.165) is 0 Å². The average Bonchev–Trinajstić information content (AvgIpc) is 1.86. The lowest BCUT2D eigenvalue weighted by atomic mass is 9.94. The van der Waals surface area contributed by atoms with Crippen LogP contribution < -0.4 is 5.32 Å². The van der Waals surface area contributed by atoms with Crippen LogP contribution in [0.5, 0.6) is 0 Å². The molecular formula is C8H17NO2. The number of carbonyl (C=O) groups is 1. The highest BCUT2D eigenvalue weighted by atomic mass is 16.3. The van der Waals surface area contributed by atoms with Gasteiger partial charge in [-0.3, -0.25) is 4.79 Å². The Morgan fingerprint density at radius 3 is 2.18 bits per heavy atom. The van der Waals surface area contributed by atoms with Crippen molar-refractivity contribution in [2.75, 3.05) is 7.05 Å². The van der Waals surface area contributed by atoms with Crippen molar-refractivity contribution in [1.82, 2.24) is 5.32 Å². The van der Waals surface area contributed by atoms with Gasteiger partial charge in [-0.15, -0.1) is 0 Å². The van der Waals surface area contributed by atoms with Gasteiger partial charge in [-0.05, 0) is 20.9 Å². The average molecular weight is 159 g/mol. The number of rotatable bonds is 4. The van der Waals surface area contributed by atoms with Crippen molar-refractivity contribution in [2.45, 2.75) is 38.8 Å². The van der Waals surface area contributed by atoms with Crippen LogP contribution in [0.4, 0.5) is 0 Å². The normalized spacial score (nSPS) is 14.6. The number of Topliss-reactive ketones (excluding diaryl/α,β-unsaturated/α-hetero) is 1. The van der Waals surface area contributed by atoms with Gasteiger partial charge in [0.05, 0.1) is 11.6 Å². The van der Waals surface area contributed by atoms with Crippen molar-refractivity contribution in [2.24, 2.45) is 0 Å². The number of ketones is 1. The van der Waals surface area contributed by atoms with Crippen molar-refractivity contribution in [3.63, 3.8) is 0 Å². The van der Waals surface area contributed by atoms with Gasteiger partial charge in [0.2, 0.25) is 0 Å². The van der Waals surface area contributed by atoms with E-state index >= 15 is 0 Å². The fraction of sp³-hybridized carbons (Fsp3) is 0.875. The fourth-order valence-corrected chi connectivity index (χ4v) is 1.11. The summed E-state index contributed by atoms with van der Waals surface area (Å²) in [6.45, 7) is 5.04. The van der Waals surface area contributed by atoms with Crippen LogP contribution in [0, 0.1) is 0 Å². The maximum Gasteiger partial charge on any atom is 0.152 e. The Bertz CT molecular complexity index is 138. The summed E-state index contributed by atoms with van der Waals surface area (Å²) in [6.07, 6.45) is 0.454. The minimum absolute atomic E-state index is 0.0417. The van der Waals surface area contributed by atoms with Crippen molar-refractivity contribution < 1.29 is 9.90 Å². The van der Waals surface area contributed by atoms with Gasteiger partial charge in [-0.25, -0.2) is 0 Å². The van der Waals surface area contributed by atoms with Gasteiger partial charge in [-0.2, -0.15) is 0 Å². The fourth-order valence-electron chi connectivity index (χ4n) is 1.11. The molecule has 0 aliphatic carbocycles. The molecule has 0 aromatic rings. The van der Waals surface area contributed by atoms with Crippen LogP contribution in [0.3, 0.4) is 0 Å². The van der Waals surface area contributed by atoms with E-state index in [1.165, 1.54) is 0 Å². The smallest absolute Gasteiger partial charge is 0.152 e. The zero-order valence-corrected chi connectivity index (χ0v) is 7.64. The summed E-state index contributed by atoms with van der Waals surface area (Å²) in [4.78, 5) is 11.2. The molecule has 0 aliphatic rings. The van der Waals surface area contributed by atoms with E-state index in [2.05, 4.69) is 5.32 Å². The molecule has 3 nitrogen and oxygen atoms in total. The van der Waals surface area contributed by atoms with Gasteiger partial charge in [-0.1, -0.05) is 6.92 Å². The lowest BCUT2D eigenvalue weighted by Crippen LogP contribution is -2.50. The molecule has 66 valence electrons. The first-order valence-corrected chi connectivity index (χ1v) is 3.85. The molecule has 0 fully saturated rings. The van der Waals surface area contributed by atoms with Crippen LogP contribution in [-0.2, 0) is 4.79 Å². The van der Waals surface area contributed by atoms with Gasteiger partial charge in [0.15, 0.2) is 5.78 Å². The van der Waals surface area contributed by atoms with E-state index in [4.69, 9.17) is 0 Å². The molecule has 0 amide bonds. The number of nitrogens with one attached hydrogen (secondary N) is 1. The first-order chi connectivity index (χ1) is 4.93. The monoisotopic (exact) mass is 159 g/mol. The molecule has 0 saturated carbocycles. The van der Waals surface area contributed by atoms with Gasteiger partial charge < -0.3 is 10.4 Å². The number of hydrogen-bond acceptors (Lipinski definition) is 3. The molecule has 0 aliphatic heterocycles. The van der Waals surface area contributed by atoms with Gasteiger partial charge in [0.25, 0.3) is 0 Å². The molecule has 11 heavy (non-hydrogen) atoms. The third-order valence-electron chi connectivity index (χ3n) is 1.67. The van der Waals surface area contributed by atoms with Crippen molar-refractivity contribution >= 4 is 5.78 Å². The molecule has 0 aromatic heterocycles. The maximum atomic E-state index is 11.2. The van der Waals surface area contributed by atoms with E-state index in [9.17, 15) is 9.90 Å². The van der Waals surface area contributed by atoms with E-state index in [1.807, 2.05) is 0 Å². The van der Waals surface area contributed by atoms with Crippen LogP contribution in [-0.4, -0.2) is 29.6 Å². The van der Waals surface area contributed by atoms with E-state index < -0.39 is 11.6 Å². The standard InChI is InChI=1S/C8H17NO2/c1-5-6(10)7(9-4)8(2,3)11/h7,9,11H,5H2,1-4H3/t7-/m1/s1. The predicted octanol–water partition coefficient (Wildman–Crippen LogP) is 0.324. The summed E-state index contributed by atoms with van der Waals surface area (Å²) in [5.41, 5.74) is -0.970. The highest BCUT2D eigenvalue weighted by Crippen LogP contribution is 2.10. The lowest BCUT2D eigenvalue weighted by Gasteiger charge is -2.27. The Labute approximate surface area is 67.8 Å². The predicted molar refractivity (Wildman–Crippen MR) is 44.4 cm³/mol. The second-order valence-corrected chi connectivity index (χ2v) is 3.20. The first kappa shape index (κ1) is 10.6. The number of carbonyl (C=O) groups excluding carboxylic acids is 1. The highest BCUT2D eigenvalue weighted by molar-refractivity contribution is 5.84. The van der Waals surface area contributed by atoms with Crippen molar-refractivity contribution in [3.05, 3.63) is 0 Å². The minimum Gasteiger partial charge on any atom is -0.388 e. The van der Waals surface area contributed by atoms with Gasteiger partial charge >= 0.3 is 0 Å². The second kappa shape index (κ2) is 3.83. The summed E-state index contributed by atoms with van der Waals surface area (Å²) in [5.74, 6) is 0.0417.